The third-order valence-corrected chi connectivity index (χ3v) is 12.9. The molecule has 3 amide bonds. The van der Waals surface area contributed by atoms with Gasteiger partial charge in [-0.15, -0.1) is 0 Å². The molecule has 0 saturated carbocycles. The number of amides is 3. The number of H-pyrrole nitrogens is 2. The number of aromatic amines is 2. The van der Waals surface area contributed by atoms with E-state index in [1.807, 2.05) is 61.8 Å². The smallest absolute Gasteiger partial charge is 0.407 e. The molecule has 320 valence electrons. The second-order valence-electron chi connectivity index (χ2n) is 17.5. The molecule has 2 fully saturated rings. The van der Waals surface area contributed by atoms with Crippen LogP contribution in [0.15, 0.2) is 48.5 Å². The number of rotatable bonds is 11. The van der Waals surface area contributed by atoms with E-state index in [1.54, 1.807) is 0 Å². The Morgan fingerprint density at radius 1 is 0.738 bits per heavy atom. The second kappa shape index (κ2) is 16.9. The lowest BCUT2D eigenvalue weighted by atomic mass is 9.91. The van der Waals surface area contributed by atoms with E-state index in [9.17, 15) is 19.2 Å². The van der Waals surface area contributed by atoms with Crippen molar-refractivity contribution in [2.75, 3.05) is 27.3 Å². The zero-order chi connectivity index (χ0) is 43.3. The summed E-state index contributed by atoms with van der Waals surface area (Å²) in [6, 6.07) is 15.1. The number of likely N-dealkylation sites (tertiary alicyclic amines) is 2. The molecule has 0 unspecified atom stereocenters. The average Bonchev–Trinajstić information content (AvgIpc) is 4.09. The van der Waals surface area contributed by atoms with Gasteiger partial charge in [0, 0.05) is 24.2 Å². The first-order valence-corrected chi connectivity index (χ1v) is 21.7. The highest BCUT2D eigenvalue weighted by molar-refractivity contribution is 7.00. The molecule has 61 heavy (non-hydrogen) atoms. The number of benzene rings is 3. The molecule has 0 bridgehead atoms. The summed E-state index contributed by atoms with van der Waals surface area (Å²) in [6.45, 7) is 13.2. The van der Waals surface area contributed by atoms with E-state index in [1.165, 1.54) is 25.9 Å². The van der Waals surface area contributed by atoms with Crippen molar-refractivity contribution in [2.24, 2.45) is 29.6 Å². The Kier molecular flexibility index (Phi) is 11.6. The number of alkyl carbamates (subject to hydrolysis) is 1. The fourth-order valence-electron chi connectivity index (χ4n) is 9.10. The molecule has 5 heterocycles. The summed E-state index contributed by atoms with van der Waals surface area (Å²) in [5.41, 5.74) is 8.63. The van der Waals surface area contributed by atoms with Crippen molar-refractivity contribution in [3.63, 3.8) is 0 Å². The zero-order valence-electron chi connectivity index (χ0n) is 35.8. The lowest BCUT2D eigenvalue weighted by Crippen LogP contribution is -2.51. The molecule has 8 rings (SSSR count). The molecule has 0 radical (unpaired) electrons. The van der Waals surface area contributed by atoms with Crippen molar-refractivity contribution in [2.45, 2.75) is 78.9 Å². The molecule has 6 atom stereocenters. The van der Waals surface area contributed by atoms with Gasteiger partial charge in [0.1, 0.15) is 28.7 Å². The summed E-state index contributed by atoms with van der Waals surface area (Å²) >= 11 is 1.17. The van der Waals surface area contributed by atoms with E-state index >= 15 is 0 Å². The van der Waals surface area contributed by atoms with Gasteiger partial charge in [0.2, 0.25) is 11.8 Å². The van der Waals surface area contributed by atoms with Gasteiger partial charge in [-0.1, -0.05) is 65.8 Å². The van der Waals surface area contributed by atoms with E-state index in [0.29, 0.717) is 18.9 Å². The van der Waals surface area contributed by atoms with Gasteiger partial charge in [-0.05, 0) is 71.9 Å². The van der Waals surface area contributed by atoms with Gasteiger partial charge in [0.15, 0.2) is 0 Å². The minimum absolute atomic E-state index is 0.0236. The number of imidazole rings is 2. The van der Waals surface area contributed by atoms with Gasteiger partial charge < -0.3 is 34.6 Å². The van der Waals surface area contributed by atoms with Crippen molar-refractivity contribution >= 4 is 68.7 Å². The normalized spacial score (nSPS) is 20.3. The first-order chi connectivity index (χ1) is 29.2. The number of nitrogens with zero attached hydrogens (tertiary/aromatic N) is 6. The number of carbonyl (C=O) groups excluding carboxylic acids is 4. The Hall–Kier alpha value is -5.90. The second-order valence-corrected chi connectivity index (χ2v) is 18.0. The molecule has 3 aromatic carbocycles. The Morgan fingerprint density at radius 2 is 1.25 bits per heavy atom. The summed E-state index contributed by atoms with van der Waals surface area (Å²) in [5.74, 6) is 0.753. The minimum atomic E-state index is -0.722. The van der Waals surface area contributed by atoms with Crippen LogP contribution in [0.1, 0.15) is 84.5 Å². The number of hydrogen-bond acceptors (Lipinski definition) is 11. The van der Waals surface area contributed by atoms with Gasteiger partial charge in [0.05, 0.1) is 72.4 Å². The largest absolute Gasteiger partial charge is 0.469 e. The first kappa shape index (κ1) is 41.8. The van der Waals surface area contributed by atoms with E-state index in [0.717, 1.165) is 74.0 Å². The Balaban J connectivity index is 1.06. The van der Waals surface area contributed by atoms with Gasteiger partial charge in [0.25, 0.3) is 0 Å². The summed E-state index contributed by atoms with van der Waals surface area (Å²) < 4.78 is 19.2. The number of methoxy groups -OCH3 is 2. The number of aromatic nitrogens is 6. The summed E-state index contributed by atoms with van der Waals surface area (Å²) in [5, 5.41) is 2.72. The van der Waals surface area contributed by atoms with Crippen LogP contribution < -0.4 is 5.32 Å². The number of fused-ring (bicyclic) bond motifs is 3. The molecule has 6 aromatic rings. The van der Waals surface area contributed by atoms with Crippen molar-refractivity contribution in [3.05, 3.63) is 60.2 Å². The van der Waals surface area contributed by atoms with Crippen molar-refractivity contribution in [1.82, 2.24) is 43.8 Å². The van der Waals surface area contributed by atoms with Crippen LogP contribution in [0.3, 0.4) is 0 Å². The molecule has 16 heteroatoms. The molecule has 2 aliphatic heterocycles. The molecule has 0 spiro atoms. The standard InChI is InChI=1S/C45H53N9O6S/c1-22(2)30(19-37(55)59-7)43(56)53-20-24(5)15-35(53)41-46-31-13-9-26(17-33(31)48-41)28-11-12-29(40-39(28)51-61-52-40)27-10-14-32-34(18-27)49-42(47-32)36-16-25(6)21-54(36)44(57)38(23(3)4)50-45(58)60-8/h9-14,17-18,22-25,30,35-36,38H,15-16,19-21H2,1-8H3,(H,46,48)(H,47,49)(H,50,58)/t24-,25-,30-,35-,36-,38-/m0/s1. The highest BCUT2D eigenvalue weighted by atomic mass is 32.1. The van der Waals surface area contributed by atoms with E-state index in [-0.39, 0.29) is 60.0 Å². The SMILES string of the molecule is COC(=O)C[C@H](C(=O)N1C[C@@H](C)C[C@H]1c1nc2ccc(-c3ccc(-c4ccc5nc([C@@H]6C[C@H](C)CN6C(=O)[C@@H](NC(=O)OC)C(C)C)[nH]c5c4)c4nsnc34)cc2[nH]1)C(C)C. The van der Waals surface area contributed by atoms with Crippen LogP contribution in [0.2, 0.25) is 0 Å². The first-order valence-electron chi connectivity index (χ1n) is 21.0. The van der Waals surface area contributed by atoms with Gasteiger partial charge in [-0.25, -0.2) is 14.8 Å². The summed E-state index contributed by atoms with van der Waals surface area (Å²) in [7, 11) is 2.64. The van der Waals surface area contributed by atoms with Gasteiger partial charge in [-0.3, -0.25) is 14.4 Å². The molecule has 2 saturated heterocycles. The van der Waals surface area contributed by atoms with E-state index < -0.39 is 18.1 Å². The average molecular weight is 848 g/mol. The predicted octanol–water partition coefficient (Wildman–Crippen LogP) is 7.81. The maximum absolute atomic E-state index is 13.9. The zero-order valence-corrected chi connectivity index (χ0v) is 36.6. The fourth-order valence-corrected chi connectivity index (χ4v) is 9.68. The minimum Gasteiger partial charge on any atom is -0.469 e. The third kappa shape index (κ3) is 8.05. The highest BCUT2D eigenvalue weighted by Gasteiger charge is 2.42. The van der Waals surface area contributed by atoms with Crippen LogP contribution in [0.4, 0.5) is 4.79 Å². The van der Waals surface area contributed by atoms with E-state index in [4.69, 9.17) is 28.2 Å². The number of ether oxygens (including phenoxy) is 2. The molecular formula is C45H53N9O6S. The Labute approximate surface area is 358 Å². The summed E-state index contributed by atoms with van der Waals surface area (Å²) in [4.78, 5) is 72.8. The molecule has 2 aliphatic rings. The molecule has 3 aromatic heterocycles. The third-order valence-electron chi connectivity index (χ3n) is 12.4. The highest BCUT2D eigenvalue weighted by Crippen LogP contribution is 2.40. The lowest BCUT2D eigenvalue weighted by Gasteiger charge is -2.30. The van der Waals surface area contributed by atoms with Gasteiger partial charge >= 0.3 is 12.1 Å². The summed E-state index contributed by atoms with van der Waals surface area (Å²) in [6.07, 6.45) is 0.929. The Bertz CT molecular complexity index is 2460. The topological polar surface area (TPSA) is 188 Å². The van der Waals surface area contributed by atoms with Crippen molar-refractivity contribution in [3.8, 4) is 22.3 Å². The van der Waals surface area contributed by atoms with Crippen LogP contribution in [-0.4, -0.2) is 95.7 Å². The quantitative estimate of drug-likeness (QED) is 0.109. The van der Waals surface area contributed by atoms with Crippen LogP contribution in [-0.2, 0) is 23.9 Å². The lowest BCUT2D eigenvalue weighted by molar-refractivity contribution is -0.148. The van der Waals surface area contributed by atoms with Gasteiger partial charge in [-0.2, -0.15) is 8.75 Å². The van der Waals surface area contributed by atoms with Crippen LogP contribution >= 0.6 is 11.7 Å². The maximum Gasteiger partial charge on any atom is 0.407 e. The van der Waals surface area contributed by atoms with Crippen LogP contribution in [0.5, 0.6) is 0 Å². The van der Waals surface area contributed by atoms with Crippen LogP contribution in [0, 0.1) is 29.6 Å². The maximum atomic E-state index is 13.9. The number of hydrogen-bond donors (Lipinski definition) is 3. The van der Waals surface area contributed by atoms with Crippen LogP contribution in [0.25, 0.3) is 55.4 Å². The predicted molar refractivity (Wildman–Crippen MR) is 233 cm³/mol. The number of esters is 1. The number of carbonyl (C=O) groups is 4. The fraction of sp³-hybridized carbons (Fsp3) is 0.467. The van der Waals surface area contributed by atoms with Crippen molar-refractivity contribution in [1.29, 1.82) is 0 Å². The molecule has 0 aliphatic carbocycles. The number of nitrogens with one attached hydrogen (secondary N) is 3. The molecular weight excluding hydrogens is 795 g/mol. The molecule has 15 nitrogen and oxygen atoms in total. The Morgan fingerprint density at radius 3 is 1.70 bits per heavy atom. The molecule has 3 N–H and O–H groups in total. The monoisotopic (exact) mass is 847 g/mol. The van der Waals surface area contributed by atoms with Crippen molar-refractivity contribution < 1.29 is 28.7 Å². The van der Waals surface area contributed by atoms with E-state index in [2.05, 4.69) is 53.4 Å².